The predicted molar refractivity (Wildman–Crippen MR) is 77.7 cm³/mol. The number of ketones is 1. The van der Waals surface area contributed by atoms with E-state index in [1.807, 2.05) is 48.1 Å². The highest BCUT2D eigenvalue weighted by atomic mass is 16.1. The molecule has 0 saturated heterocycles. The second kappa shape index (κ2) is 5.25. The van der Waals surface area contributed by atoms with Gasteiger partial charge in [-0.15, -0.1) is 0 Å². The van der Waals surface area contributed by atoms with E-state index in [0.29, 0.717) is 12.1 Å². The minimum absolute atomic E-state index is 0.0254. The van der Waals surface area contributed by atoms with Gasteiger partial charge in [0, 0.05) is 30.7 Å². The van der Waals surface area contributed by atoms with Crippen LogP contribution >= 0.6 is 0 Å². The van der Waals surface area contributed by atoms with Gasteiger partial charge < -0.3 is 0 Å². The molecule has 0 spiro atoms. The van der Waals surface area contributed by atoms with Crippen LogP contribution in [0.2, 0.25) is 0 Å². The van der Waals surface area contributed by atoms with Crippen molar-refractivity contribution >= 4 is 16.6 Å². The number of rotatable bonds is 4. The third-order valence-electron chi connectivity index (χ3n) is 3.31. The molecule has 3 aromatic rings. The van der Waals surface area contributed by atoms with Crippen molar-refractivity contribution in [2.75, 3.05) is 0 Å². The molecule has 0 unspecified atom stereocenters. The Morgan fingerprint density at radius 2 is 2.10 bits per heavy atom. The van der Waals surface area contributed by atoms with Gasteiger partial charge in [0.25, 0.3) is 0 Å². The number of nitrogens with zero attached hydrogens (tertiary/aromatic N) is 3. The number of fused-ring (bicyclic) bond motifs is 1. The van der Waals surface area contributed by atoms with Gasteiger partial charge in [-0.3, -0.25) is 14.5 Å². The van der Waals surface area contributed by atoms with Crippen molar-refractivity contribution in [1.29, 1.82) is 0 Å². The molecule has 0 aliphatic rings. The summed E-state index contributed by atoms with van der Waals surface area (Å²) in [5, 5.41) is 6.13. The number of carbonyl (C=O) groups excluding carboxylic acids is 1. The molecule has 0 bridgehead atoms. The zero-order valence-electron chi connectivity index (χ0n) is 11.3. The standard InChI is InChI=1S/C16H15N3O/c1-2-19-11-12(10-18-19)9-15(20)16-14-6-4-3-5-13(14)7-8-17-16/h3-8,10-11H,2,9H2,1H3. The molecule has 0 atom stereocenters. The molecule has 0 radical (unpaired) electrons. The highest BCUT2D eigenvalue weighted by Crippen LogP contribution is 2.18. The molecule has 20 heavy (non-hydrogen) atoms. The highest BCUT2D eigenvalue weighted by Gasteiger charge is 2.13. The lowest BCUT2D eigenvalue weighted by atomic mass is 10.0. The molecule has 4 heteroatoms. The Kier molecular flexibility index (Phi) is 3.29. The van der Waals surface area contributed by atoms with E-state index in [-0.39, 0.29) is 5.78 Å². The van der Waals surface area contributed by atoms with Crippen LogP contribution in [0.1, 0.15) is 23.0 Å². The molecule has 0 fully saturated rings. The fraction of sp³-hybridized carbons (Fsp3) is 0.188. The first-order valence-electron chi connectivity index (χ1n) is 6.66. The van der Waals surface area contributed by atoms with Gasteiger partial charge in [0.2, 0.25) is 0 Å². The van der Waals surface area contributed by atoms with Crippen LogP contribution < -0.4 is 0 Å². The molecule has 0 saturated carbocycles. The average Bonchev–Trinajstić information content (AvgIpc) is 2.94. The lowest BCUT2D eigenvalue weighted by Gasteiger charge is -2.03. The zero-order valence-corrected chi connectivity index (χ0v) is 11.3. The van der Waals surface area contributed by atoms with E-state index in [9.17, 15) is 4.79 Å². The lowest BCUT2D eigenvalue weighted by molar-refractivity contribution is 0.0990. The third-order valence-corrected chi connectivity index (χ3v) is 3.31. The molecule has 0 N–H and O–H groups in total. The van der Waals surface area contributed by atoms with E-state index in [2.05, 4.69) is 10.1 Å². The SMILES string of the molecule is CCn1cc(CC(=O)c2nccc3ccccc23)cn1. The molecule has 0 amide bonds. The summed E-state index contributed by atoms with van der Waals surface area (Å²) in [6.45, 7) is 2.82. The van der Waals surface area contributed by atoms with Gasteiger partial charge in [-0.05, 0) is 23.9 Å². The van der Waals surface area contributed by atoms with Crippen LogP contribution in [0.4, 0.5) is 0 Å². The third kappa shape index (κ3) is 2.32. The lowest BCUT2D eigenvalue weighted by Crippen LogP contribution is -2.06. The number of aryl methyl sites for hydroxylation is 1. The zero-order chi connectivity index (χ0) is 13.9. The number of carbonyl (C=O) groups is 1. The summed E-state index contributed by atoms with van der Waals surface area (Å²) in [7, 11) is 0. The molecular formula is C16H15N3O. The van der Waals surface area contributed by atoms with Crippen molar-refractivity contribution in [3.8, 4) is 0 Å². The smallest absolute Gasteiger partial charge is 0.186 e. The van der Waals surface area contributed by atoms with Crippen LogP contribution in [0, 0.1) is 0 Å². The van der Waals surface area contributed by atoms with Gasteiger partial charge in [0.05, 0.1) is 6.20 Å². The van der Waals surface area contributed by atoms with Crippen LogP contribution in [0.3, 0.4) is 0 Å². The summed E-state index contributed by atoms with van der Waals surface area (Å²) in [5.74, 6) is 0.0254. The monoisotopic (exact) mass is 265 g/mol. The Labute approximate surface area is 117 Å². The number of hydrogen-bond acceptors (Lipinski definition) is 3. The fourth-order valence-corrected chi connectivity index (χ4v) is 2.28. The summed E-state index contributed by atoms with van der Waals surface area (Å²) in [6, 6.07) is 9.73. The van der Waals surface area contributed by atoms with Crippen molar-refractivity contribution < 1.29 is 4.79 Å². The number of benzene rings is 1. The molecule has 2 aromatic heterocycles. The minimum Gasteiger partial charge on any atom is -0.292 e. The van der Waals surface area contributed by atoms with Crippen LogP contribution in [-0.4, -0.2) is 20.5 Å². The Morgan fingerprint density at radius 1 is 1.25 bits per heavy atom. The molecule has 2 heterocycles. The van der Waals surface area contributed by atoms with E-state index < -0.39 is 0 Å². The first-order chi connectivity index (χ1) is 9.78. The van der Waals surface area contributed by atoms with Crippen molar-refractivity contribution in [2.45, 2.75) is 19.9 Å². The second-order valence-corrected chi connectivity index (χ2v) is 4.68. The summed E-state index contributed by atoms with van der Waals surface area (Å²) < 4.78 is 1.82. The maximum atomic E-state index is 12.4. The van der Waals surface area contributed by atoms with Crippen LogP contribution in [0.15, 0.2) is 48.9 Å². The van der Waals surface area contributed by atoms with Crippen molar-refractivity contribution in [1.82, 2.24) is 14.8 Å². The van der Waals surface area contributed by atoms with Crippen molar-refractivity contribution in [3.05, 3.63) is 60.2 Å². The van der Waals surface area contributed by atoms with Gasteiger partial charge in [-0.1, -0.05) is 24.3 Å². The van der Waals surface area contributed by atoms with Crippen molar-refractivity contribution in [2.24, 2.45) is 0 Å². The predicted octanol–water partition coefficient (Wildman–Crippen LogP) is 2.88. The van der Waals surface area contributed by atoms with Gasteiger partial charge in [-0.25, -0.2) is 0 Å². The minimum atomic E-state index is 0.0254. The molecule has 4 nitrogen and oxygen atoms in total. The van der Waals surface area contributed by atoms with Gasteiger partial charge in [-0.2, -0.15) is 5.10 Å². The normalized spacial score (nSPS) is 10.8. The van der Waals surface area contributed by atoms with Crippen LogP contribution in [0.25, 0.3) is 10.8 Å². The summed E-state index contributed by atoms with van der Waals surface area (Å²) in [6.07, 6.45) is 5.67. The maximum Gasteiger partial charge on any atom is 0.186 e. The molecular weight excluding hydrogens is 250 g/mol. The Balaban J connectivity index is 1.92. The number of aromatic nitrogens is 3. The molecule has 3 rings (SSSR count). The molecule has 1 aromatic carbocycles. The number of Topliss-reactive ketones (excluding diaryl/α,β-unsaturated/α-hetero) is 1. The van der Waals surface area contributed by atoms with Gasteiger partial charge >= 0.3 is 0 Å². The largest absolute Gasteiger partial charge is 0.292 e. The Hall–Kier alpha value is -2.49. The molecule has 100 valence electrons. The molecule has 0 aliphatic carbocycles. The average molecular weight is 265 g/mol. The summed E-state index contributed by atoms with van der Waals surface area (Å²) in [5.41, 5.74) is 1.46. The highest BCUT2D eigenvalue weighted by molar-refractivity contribution is 6.06. The Bertz CT molecular complexity index is 756. The van der Waals surface area contributed by atoms with Crippen molar-refractivity contribution in [3.63, 3.8) is 0 Å². The summed E-state index contributed by atoms with van der Waals surface area (Å²) >= 11 is 0. The van der Waals surface area contributed by atoms with Crippen LogP contribution in [-0.2, 0) is 13.0 Å². The second-order valence-electron chi connectivity index (χ2n) is 4.68. The first kappa shape index (κ1) is 12.5. The maximum absolute atomic E-state index is 12.4. The van der Waals surface area contributed by atoms with Gasteiger partial charge in [0.1, 0.15) is 5.69 Å². The number of hydrogen-bond donors (Lipinski definition) is 0. The van der Waals surface area contributed by atoms with E-state index >= 15 is 0 Å². The quantitative estimate of drug-likeness (QED) is 0.681. The first-order valence-corrected chi connectivity index (χ1v) is 6.66. The fourth-order valence-electron chi connectivity index (χ4n) is 2.28. The topological polar surface area (TPSA) is 47.8 Å². The Morgan fingerprint density at radius 3 is 2.90 bits per heavy atom. The van der Waals surface area contributed by atoms with E-state index in [1.165, 1.54) is 0 Å². The summed E-state index contributed by atoms with van der Waals surface area (Å²) in [4.78, 5) is 16.7. The molecule has 0 aliphatic heterocycles. The van der Waals surface area contributed by atoms with E-state index in [4.69, 9.17) is 0 Å². The van der Waals surface area contributed by atoms with Crippen LogP contribution in [0.5, 0.6) is 0 Å². The van der Waals surface area contributed by atoms with E-state index in [0.717, 1.165) is 22.9 Å². The number of pyridine rings is 1. The van der Waals surface area contributed by atoms with E-state index in [1.54, 1.807) is 12.4 Å². The van der Waals surface area contributed by atoms with Gasteiger partial charge in [0.15, 0.2) is 5.78 Å².